The van der Waals surface area contributed by atoms with Crippen LogP contribution in [0.2, 0.25) is 0 Å². The monoisotopic (exact) mass is 158 g/mol. The maximum atomic E-state index is 5.34. The highest BCUT2D eigenvalue weighted by Crippen LogP contribution is 2.24. The fourth-order valence-electron chi connectivity index (χ4n) is 1.54. The molecular weight excluding hydrogens is 144 g/mol. The lowest BCUT2D eigenvalue weighted by molar-refractivity contribution is 0.571. The standard InChI is InChI=1S/C7H14N2S/c1-5-2-3-6(4-5)9-7(8)10/h5-6H,2-4H2,1H3,(H3,8,9,10). The fourth-order valence-corrected chi connectivity index (χ4v) is 1.71. The number of rotatable bonds is 1. The summed E-state index contributed by atoms with van der Waals surface area (Å²) < 4.78 is 0. The first-order valence-electron chi connectivity index (χ1n) is 3.74. The molecule has 3 heteroatoms. The first-order valence-corrected chi connectivity index (χ1v) is 4.15. The molecule has 0 aliphatic heterocycles. The van der Waals surface area contributed by atoms with E-state index in [1.54, 1.807) is 0 Å². The van der Waals surface area contributed by atoms with E-state index >= 15 is 0 Å². The van der Waals surface area contributed by atoms with Gasteiger partial charge < -0.3 is 11.1 Å². The van der Waals surface area contributed by atoms with Gasteiger partial charge in [0.2, 0.25) is 0 Å². The molecule has 0 saturated heterocycles. The highest BCUT2D eigenvalue weighted by Gasteiger charge is 2.20. The van der Waals surface area contributed by atoms with E-state index in [4.69, 9.17) is 18.0 Å². The van der Waals surface area contributed by atoms with E-state index < -0.39 is 0 Å². The molecule has 1 rings (SSSR count). The van der Waals surface area contributed by atoms with Crippen molar-refractivity contribution in [2.75, 3.05) is 0 Å². The van der Waals surface area contributed by atoms with Crippen molar-refractivity contribution in [2.45, 2.75) is 32.2 Å². The van der Waals surface area contributed by atoms with Crippen molar-refractivity contribution in [1.82, 2.24) is 5.32 Å². The topological polar surface area (TPSA) is 38.0 Å². The maximum Gasteiger partial charge on any atom is 0.163 e. The average molecular weight is 158 g/mol. The van der Waals surface area contributed by atoms with Gasteiger partial charge in [-0.2, -0.15) is 0 Å². The SMILES string of the molecule is CC1CCC(NC(N)=S)C1. The molecule has 0 radical (unpaired) electrons. The number of thiocarbonyl (C=S) groups is 1. The van der Waals surface area contributed by atoms with Gasteiger partial charge in [0.25, 0.3) is 0 Å². The Morgan fingerprint density at radius 2 is 2.30 bits per heavy atom. The van der Waals surface area contributed by atoms with Gasteiger partial charge in [-0.3, -0.25) is 0 Å². The van der Waals surface area contributed by atoms with E-state index in [0.717, 1.165) is 5.92 Å². The third-order valence-corrected chi connectivity index (χ3v) is 2.16. The van der Waals surface area contributed by atoms with Gasteiger partial charge in [0, 0.05) is 6.04 Å². The second-order valence-corrected chi connectivity index (χ2v) is 3.56. The number of nitrogens with one attached hydrogen (secondary N) is 1. The molecular formula is C7H14N2S. The van der Waals surface area contributed by atoms with Crippen LogP contribution in [0.25, 0.3) is 0 Å². The van der Waals surface area contributed by atoms with E-state index in [1.807, 2.05) is 0 Å². The second-order valence-electron chi connectivity index (χ2n) is 3.12. The Balaban J connectivity index is 2.24. The van der Waals surface area contributed by atoms with Gasteiger partial charge in [0.15, 0.2) is 5.11 Å². The molecule has 2 atom stereocenters. The predicted octanol–water partition coefficient (Wildman–Crippen LogP) is 1.01. The summed E-state index contributed by atoms with van der Waals surface area (Å²) in [5.74, 6) is 0.840. The summed E-state index contributed by atoms with van der Waals surface area (Å²) in [5.41, 5.74) is 5.34. The molecule has 1 aliphatic carbocycles. The van der Waals surface area contributed by atoms with Crippen LogP contribution in [0.15, 0.2) is 0 Å². The minimum absolute atomic E-state index is 0.444. The van der Waals surface area contributed by atoms with Crippen LogP contribution in [0.5, 0.6) is 0 Å². The van der Waals surface area contributed by atoms with Gasteiger partial charge >= 0.3 is 0 Å². The summed E-state index contributed by atoms with van der Waals surface area (Å²) >= 11 is 4.74. The number of hydrogen-bond donors (Lipinski definition) is 2. The van der Waals surface area contributed by atoms with Crippen LogP contribution in [0.3, 0.4) is 0 Å². The van der Waals surface area contributed by atoms with Gasteiger partial charge in [-0.1, -0.05) is 6.92 Å². The average Bonchev–Trinajstić information content (AvgIpc) is 2.13. The smallest absolute Gasteiger partial charge is 0.163 e. The fraction of sp³-hybridized carbons (Fsp3) is 0.857. The molecule has 58 valence electrons. The summed E-state index contributed by atoms with van der Waals surface area (Å²) in [6, 6.07) is 0.549. The first kappa shape index (κ1) is 7.79. The van der Waals surface area contributed by atoms with Crippen LogP contribution in [0, 0.1) is 5.92 Å². The second kappa shape index (κ2) is 3.19. The molecule has 1 saturated carbocycles. The summed E-state index contributed by atoms with van der Waals surface area (Å²) in [5, 5.41) is 3.52. The molecule has 10 heavy (non-hydrogen) atoms. The van der Waals surface area contributed by atoms with Crippen LogP contribution in [-0.4, -0.2) is 11.2 Å². The maximum absolute atomic E-state index is 5.34. The van der Waals surface area contributed by atoms with E-state index in [2.05, 4.69) is 12.2 Å². The molecule has 0 amide bonds. The van der Waals surface area contributed by atoms with Crippen molar-refractivity contribution in [1.29, 1.82) is 0 Å². The minimum atomic E-state index is 0.444. The van der Waals surface area contributed by atoms with Crippen LogP contribution < -0.4 is 11.1 Å². The Kier molecular flexibility index (Phi) is 2.49. The summed E-state index contributed by atoms with van der Waals surface area (Å²) in [6.07, 6.45) is 3.75. The molecule has 2 unspecified atom stereocenters. The van der Waals surface area contributed by atoms with Crippen molar-refractivity contribution in [3.63, 3.8) is 0 Å². The van der Waals surface area contributed by atoms with E-state index in [0.29, 0.717) is 11.2 Å². The molecule has 0 aromatic heterocycles. The Morgan fingerprint density at radius 1 is 1.60 bits per heavy atom. The van der Waals surface area contributed by atoms with Gasteiger partial charge in [0.05, 0.1) is 0 Å². The molecule has 0 aromatic rings. The molecule has 1 fully saturated rings. The van der Waals surface area contributed by atoms with Crippen molar-refractivity contribution in [3.05, 3.63) is 0 Å². The zero-order valence-electron chi connectivity index (χ0n) is 6.26. The molecule has 0 aromatic carbocycles. The Bertz CT molecular complexity index is 136. The molecule has 0 spiro atoms. The first-order chi connectivity index (χ1) is 4.68. The largest absolute Gasteiger partial charge is 0.376 e. The third-order valence-electron chi connectivity index (χ3n) is 2.04. The van der Waals surface area contributed by atoms with Crippen molar-refractivity contribution >= 4 is 17.3 Å². The normalized spacial score (nSPS) is 32.1. The van der Waals surface area contributed by atoms with Gasteiger partial charge in [0.1, 0.15) is 0 Å². The summed E-state index contributed by atoms with van der Waals surface area (Å²) in [6.45, 7) is 2.27. The lowest BCUT2D eigenvalue weighted by Crippen LogP contribution is -2.36. The molecule has 0 heterocycles. The van der Waals surface area contributed by atoms with Crippen molar-refractivity contribution < 1.29 is 0 Å². The predicted molar refractivity (Wildman–Crippen MR) is 46.7 cm³/mol. The molecule has 3 N–H and O–H groups in total. The molecule has 0 bridgehead atoms. The molecule has 1 aliphatic rings. The lowest BCUT2D eigenvalue weighted by Gasteiger charge is -2.10. The van der Waals surface area contributed by atoms with E-state index in [-0.39, 0.29) is 0 Å². The van der Waals surface area contributed by atoms with Crippen molar-refractivity contribution in [3.8, 4) is 0 Å². The Morgan fingerprint density at radius 3 is 2.70 bits per heavy atom. The number of hydrogen-bond acceptors (Lipinski definition) is 1. The highest BCUT2D eigenvalue weighted by molar-refractivity contribution is 7.80. The van der Waals surface area contributed by atoms with Gasteiger partial charge in [-0.25, -0.2) is 0 Å². The number of nitrogens with two attached hydrogens (primary N) is 1. The quantitative estimate of drug-likeness (QED) is 0.559. The summed E-state index contributed by atoms with van der Waals surface area (Å²) in [7, 11) is 0. The van der Waals surface area contributed by atoms with Crippen LogP contribution in [0.1, 0.15) is 26.2 Å². The Labute approximate surface area is 67.2 Å². The van der Waals surface area contributed by atoms with Crippen LogP contribution in [-0.2, 0) is 0 Å². The van der Waals surface area contributed by atoms with Gasteiger partial charge in [-0.15, -0.1) is 0 Å². The van der Waals surface area contributed by atoms with Crippen LogP contribution >= 0.6 is 12.2 Å². The zero-order valence-corrected chi connectivity index (χ0v) is 7.08. The highest BCUT2D eigenvalue weighted by atomic mass is 32.1. The van der Waals surface area contributed by atoms with Crippen LogP contribution in [0.4, 0.5) is 0 Å². The van der Waals surface area contributed by atoms with Crippen molar-refractivity contribution in [2.24, 2.45) is 11.7 Å². The summed E-state index contributed by atoms with van der Waals surface area (Å²) in [4.78, 5) is 0. The van der Waals surface area contributed by atoms with E-state index in [1.165, 1.54) is 19.3 Å². The lowest BCUT2D eigenvalue weighted by atomic mass is 10.1. The zero-order chi connectivity index (χ0) is 7.56. The van der Waals surface area contributed by atoms with E-state index in [9.17, 15) is 0 Å². The Hall–Kier alpha value is -0.310. The van der Waals surface area contributed by atoms with Gasteiger partial charge in [-0.05, 0) is 37.4 Å². The molecule has 2 nitrogen and oxygen atoms in total. The minimum Gasteiger partial charge on any atom is -0.376 e. The third kappa shape index (κ3) is 2.14.